The normalized spacial score (nSPS) is 19.0. The van der Waals surface area contributed by atoms with Gasteiger partial charge in [0.1, 0.15) is 0 Å². The Morgan fingerprint density at radius 3 is 2.58 bits per heavy atom. The summed E-state index contributed by atoms with van der Waals surface area (Å²) in [5.41, 5.74) is 0. The topological polar surface area (TPSA) is 41.6 Å². The maximum Gasteiger partial charge on any atom is 0.407 e. The molecule has 0 aromatic heterocycles. The molecule has 1 fully saturated rings. The number of ether oxygens (including phenoxy) is 1. The number of hydrogen-bond acceptors (Lipinski definition) is 3. The largest absolute Gasteiger partial charge is 0.453 e. The molecule has 1 aliphatic rings. The summed E-state index contributed by atoms with van der Waals surface area (Å²) in [4.78, 5) is 13.0. The SMILES string of the molecule is COC(=O)NC1CN(C(C)C)C1. The summed E-state index contributed by atoms with van der Waals surface area (Å²) < 4.78 is 4.48. The summed E-state index contributed by atoms with van der Waals surface area (Å²) in [6, 6.07) is 0.848. The summed E-state index contributed by atoms with van der Waals surface area (Å²) in [5, 5.41) is 2.75. The number of amides is 1. The van der Waals surface area contributed by atoms with Gasteiger partial charge in [-0.25, -0.2) is 4.79 Å². The Morgan fingerprint density at radius 2 is 2.17 bits per heavy atom. The molecule has 1 aliphatic heterocycles. The van der Waals surface area contributed by atoms with Gasteiger partial charge in [-0.15, -0.1) is 0 Å². The van der Waals surface area contributed by atoms with Crippen molar-refractivity contribution in [3.05, 3.63) is 0 Å². The second kappa shape index (κ2) is 3.76. The minimum Gasteiger partial charge on any atom is -0.453 e. The second-order valence-corrected chi connectivity index (χ2v) is 3.38. The van der Waals surface area contributed by atoms with Crippen LogP contribution in [0.1, 0.15) is 13.8 Å². The van der Waals surface area contributed by atoms with Crippen LogP contribution in [0.25, 0.3) is 0 Å². The molecule has 0 spiro atoms. The van der Waals surface area contributed by atoms with E-state index in [9.17, 15) is 4.79 Å². The van der Waals surface area contributed by atoms with Gasteiger partial charge in [-0.2, -0.15) is 0 Å². The monoisotopic (exact) mass is 172 g/mol. The first kappa shape index (κ1) is 9.32. The highest BCUT2D eigenvalue weighted by Gasteiger charge is 2.29. The van der Waals surface area contributed by atoms with E-state index in [1.807, 2.05) is 0 Å². The molecule has 0 atom stereocenters. The van der Waals surface area contributed by atoms with Gasteiger partial charge in [0.2, 0.25) is 0 Å². The Morgan fingerprint density at radius 1 is 1.58 bits per heavy atom. The predicted octanol–water partition coefficient (Wildman–Crippen LogP) is 0.435. The zero-order valence-corrected chi connectivity index (χ0v) is 7.83. The summed E-state index contributed by atoms with van der Waals surface area (Å²) in [5.74, 6) is 0. The second-order valence-electron chi connectivity index (χ2n) is 3.38. The van der Waals surface area contributed by atoms with Gasteiger partial charge in [0, 0.05) is 19.1 Å². The molecule has 1 heterocycles. The van der Waals surface area contributed by atoms with E-state index in [4.69, 9.17) is 0 Å². The number of alkyl carbamates (subject to hydrolysis) is 1. The number of nitrogens with zero attached hydrogens (tertiary/aromatic N) is 1. The van der Waals surface area contributed by atoms with Gasteiger partial charge in [0.15, 0.2) is 0 Å². The molecule has 0 bridgehead atoms. The zero-order valence-electron chi connectivity index (χ0n) is 7.83. The van der Waals surface area contributed by atoms with Crippen molar-refractivity contribution in [2.45, 2.75) is 25.9 Å². The van der Waals surface area contributed by atoms with Crippen LogP contribution in [0, 0.1) is 0 Å². The Labute approximate surface area is 72.9 Å². The maximum absolute atomic E-state index is 10.7. The van der Waals surface area contributed by atoms with Gasteiger partial charge in [-0.05, 0) is 13.8 Å². The fraction of sp³-hybridized carbons (Fsp3) is 0.875. The molecule has 0 unspecified atom stereocenters. The Hall–Kier alpha value is -0.770. The Kier molecular flexibility index (Phi) is 2.92. The maximum atomic E-state index is 10.7. The van der Waals surface area contributed by atoms with Crippen LogP contribution in [0.3, 0.4) is 0 Å². The lowest BCUT2D eigenvalue weighted by Crippen LogP contribution is -2.61. The molecule has 12 heavy (non-hydrogen) atoms. The van der Waals surface area contributed by atoms with Gasteiger partial charge >= 0.3 is 6.09 Å². The average Bonchev–Trinajstić information content (AvgIpc) is 1.94. The summed E-state index contributed by atoms with van der Waals surface area (Å²) in [6.45, 7) is 6.17. The van der Waals surface area contributed by atoms with Crippen LogP contribution in [0.4, 0.5) is 4.79 Å². The van der Waals surface area contributed by atoms with Crippen LogP contribution in [0.2, 0.25) is 0 Å². The van der Waals surface area contributed by atoms with Crippen molar-refractivity contribution in [3.8, 4) is 0 Å². The van der Waals surface area contributed by atoms with E-state index < -0.39 is 0 Å². The van der Waals surface area contributed by atoms with Crippen molar-refractivity contribution >= 4 is 6.09 Å². The fourth-order valence-corrected chi connectivity index (χ4v) is 1.25. The third kappa shape index (κ3) is 2.11. The van der Waals surface area contributed by atoms with E-state index in [2.05, 4.69) is 28.8 Å². The first-order valence-electron chi connectivity index (χ1n) is 4.22. The molecule has 0 saturated carbocycles. The van der Waals surface area contributed by atoms with E-state index in [1.54, 1.807) is 0 Å². The van der Waals surface area contributed by atoms with Gasteiger partial charge in [-0.3, -0.25) is 4.90 Å². The summed E-state index contributed by atoms with van der Waals surface area (Å²) in [6.07, 6.45) is -0.330. The van der Waals surface area contributed by atoms with Crippen LogP contribution in [-0.4, -0.2) is 43.3 Å². The van der Waals surface area contributed by atoms with E-state index >= 15 is 0 Å². The number of likely N-dealkylation sites (tertiary alicyclic amines) is 1. The predicted molar refractivity (Wildman–Crippen MR) is 46.0 cm³/mol. The summed E-state index contributed by atoms with van der Waals surface area (Å²) >= 11 is 0. The number of carbonyl (C=O) groups excluding carboxylic acids is 1. The highest BCUT2D eigenvalue weighted by Crippen LogP contribution is 2.11. The van der Waals surface area contributed by atoms with Crippen molar-refractivity contribution < 1.29 is 9.53 Å². The number of rotatable bonds is 2. The molecule has 0 aliphatic carbocycles. The molecule has 4 nitrogen and oxygen atoms in total. The minimum atomic E-state index is -0.330. The van der Waals surface area contributed by atoms with Crippen molar-refractivity contribution in [3.63, 3.8) is 0 Å². The van der Waals surface area contributed by atoms with Crippen molar-refractivity contribution in [1.82, 2.24) is 10.2 Å². The molecule has 0 aromatic rings. The van der Waals surface area contributed by atoms with Gasteiger partial charge in [0.25, 0.3) is 0 Å². The molecule has 1 amide bonds. The summed E-state index contributed by atoms with van der Waals surface area (Å²) in [7, 11) is 1.38. The average molecular weight is 172 g/mol. The Balaban J connectivity index is 2.13. The lowest BCUT2D eigenvalue weighted by atomic mass is 10.1. The third-order valence-corrected chi connectivity index (χ3v) is 2.15. The van der Waals surface area contributed by atoms with Crippen LogP contribution >= 0.6 is 0 Å². The number of methoxy groups -OCH3 is 1. The van der Waals surface area contributed by atoms with Crippen LogP contribution in [0.15, 0.2) is 0 Å². The molecule has 4 heteroatoms. The number of hydrogen-bond donors (Lipinski definition) is 1. The van der Waals surface area contributed by atoms with Gasteiger partial charge in [-0.1, -0.05) is 0 Å². The van der Waals surface area contributed by atoms with E-state index in [0.29, 0.717) is 6.04 Å². The molecule has 70 valence electrons. The first-order chi connectivity index (χ1) is 5.63. The molecular weight excluding hydrogens is 156 g/mol. The van der Waals surface area contributed by atoms with Crippen LogP contribution in [0.5, 0.6) is 0 Å². The van der Waals surface area contributed by atoms with Gasteiger partial charge in [0.05, 0.1) is 13.2 Å². The molecule has 1 rings (SSSR count). The molecular formula is C8H16N2O2. The lowest BCUT2D eigenvalue weighted by Gasteiger charge is -2.41. The minimum absolute atomic E-state index is 0.278. The highest BCUT2D eigenvalue weighted by molar-refractivity contribution is 5.67. The fourth-order valence-electron chi connectivity index (χ4n) is 1.25. The first-order valence-corrected chi connectivity index (χ1v) is 4.22. The molecule has 0 radical (unpaired) electrons. The molecule has 1 N–H and O–H groups in total. The van der Waals surface area contributed by atoms with Crippen molar-refractivity contribution in [2.24, 2.45) is 0 Å². The number of carbonyl (C=O) groups is 1. The van der Waals surface area contributed by atoms with E-state index in [0.717, 1.165) is 13.1 Å². The quantitative estimate of drug-likeness (QED) is 0.657. The highest BCUT2D eigenvalue weighted by atomic mass is 16.5. The van der Waals surface area contributed by atoms with Crippen molar-refractivity contribution in [2.75, 3.05) is 20.2 Å². The third-order valence-electron chi connectivity index (χ3n) is 2.15. The number of nitrogens with one attached hydrogen (secondary N) is 1. The standard InChI is InChI=1S/C8H16N2O2/c1-6(2)10-4-7(5-10)9-8(11)12-3/h6-7H,4-5H2,1-3H3,(H,9,11). The van der Waals surface area contributed by atoms with Crippen LogP contribution in [-0.2, 0) is 4.74 Å². The molecule has 1 saturated heterocycles. The Bertz CT molecular complexity index is 164. The van der Waals surface area contributed by atoms with Crippen molar-refractivity contribution in [1.29, 1.82) is 0 Å². The zero-order chi connectivity index (χ0) is 9.14. The van der Waals surface area contributed by atoms with Crippen LogP contribution < -0.4 is 5.32 Å². The smallest absolute Gasteiger partial charge is 0.407 e. The molecule has 0 aromatic carbocycles. The lowest BCUT2D eigenvalue weighted by molar-refractivity contribution is 0.0851. The van der Waals surface area contributed by atoms with Gasteiger partial charge < -0.3 is 10.1 Å². The van der Waals surface area contributed by atoms with E-state index in [1.165, 1.54) is 7.11 Å². The van der Waals surface area contributed by atoms with E-state index in [-0.39, 0.29) is 12.1 Å².